The van der Waals surface area contributed by atoms with Crippen molar-refractivity contribution >= 4 is 5.91 Å². The molecule has 27 heteroatoms. The SMILES string of the molecule is CCCC(F)(F)C(F)(F)C(F)(F)C(F)(F)C(F)(F)C(F)(F)CCCC(=O)NC(CO)(CO[C@@H]1O[C@H](CO)[C@@H](O)[C@H](O)[C@H]1O)CO[C@@H]1O[C@H](CO)[C@@H](O)[C@H](O)[C@H]1O. The average Bonchev–Trinajstić information content (AvgIpc) is 3.11. The molecule has 0 aromatic rings. The van der Waals surface area contributed by atoms with Gasteiger partial charge in [0.15, 0.2) is 12.6 Å². The Morgan fingerprint density at radius 2 is 0.964 bits per heavy atom. The molecule has 332 valence electrons. The quantitative estimate of drug-likeness (QED) is 0.0639. The van der Waals surface area contributed by atoms with Crippen LogP contribution in [0.25, 0.3) is 0 Å². The number of amides is 1. The number of hydrogen-bond donors (Lipinski definition) is 10. The maximum atomic E-state index is 14.5. The van der Waals surface area contributed by atoms with Gasteiger partial charge in [0.05, 0.1) is 33.0 Å². The predicted octanol–water partition coefficient (Wildman–Crippen LogP) is -0.751. The van der Waals surface area contributed by atoms with E-state index in [9.17, 15) is 103 Å². The molecule has 0 aromatic heterocycles. The maximum Gasteiger partial charge on any atom is 0.384 e. The van der Waals surface area contributed by atoms with Crippen LogP contribution in [-0.2, 0) is 23.7 Å². The van der Waals surface area contributed by atoms with Crippen molar-refractivity contribution in [3.05, 3.63) is 0 Å². The highest BCUT2D eigenvalue weighted by Gasteiger charge is 2.89. The van der Waals surface area contributed by atoms with Crippen LogP contribution in [0.15, 0.2) is 0 Å². The van der Waals surface area contributed by atoms with Crippen LogP contribution >= 0.6 is 0 Å². The van der Waals surface area contributed by atoms with Gasteiger partial charge in [0.2, 0.25) is 5.91 Å². The Kier molecular flexibility index (Phi) is 16.7. The zero-order valence-electron chi connectivity index (χ0n) is 28.9. The molecule has 56 heavy (non-hydrogen) atoms. The Morgan fingerprint density at radius 1 is 0.589 bits per heavy atom. The van der Waals surface area contributed by atoms with Crippen molar-refractivity contribution in [1.29, 1.82) is 0 Å². The highest BCUT2D eigenvalue weighted by Crippen LogP contribution is 2.61. The first-order chi connectivity index (χ1) is 25.5. The number of carbonyl (C=O) groups is 1. The second kappa shape index (κ2) is 18.6. The standard InChI is InChI=1S/C29H43F12NO14/c1-2-5-24(30,31)26(34,35)28(38,39)29(40,41)27(36,37)25(32,33)6-3-4-14(46)42-23(9-45,10-53-21-19(51)17(49)15(47)12(7-43)55-21)11-54-22-20(52)18(50)16(48)13(8-44)56-22/h12-13,15-22,43-45,47-52H,2-11H2,1H3,(H,42,46)/t12-,13-,15-,16-,17+,18+,19-,20-,21-,22-/m1/s1. The van der Waals surface area contributed by atoms with Crippen LogP contribution in [0.2, 0.25) is 0 Å². The summed E-state index contributed by atoms with van der Waals surface area (Å²) < 4.78 is 190. The number of alkyl halides is 12. The molecule has 0 unspecified atom stereocenters. The number of halogens is 12. The van der Waals surface area contributed by atoms with E-state index in [0.29, 0.717) is 6.92 Å². The number of rotatable bonds is 21. The van der Waals surface area contributed by atoms with E-state index in [0.717, 1.165) is 0 Å². The van der Waals surface area contributed by atoms with Crippen molar-refractivity contribution in [2.24, 2.45) is 0 Å². The van der Waals surface area contributed by atoms with E-state index in [1.54, 1.807) is 0 Å². The highest BCUT2D eigenvalue weighted by molar-refractivity contribution is 5.76. The van der Waals surface area contributed by atoms with Gasteiger partial charge >= 0.3 is 35.5 Å². The van der Waals surface area contributed by atoms with Crippen LogP contribution in [-0.4, -0.2) is 187 Å². The summed E-state index contributed by atoms with van der Waals surface area (Å²) in [5.74, 6) is -44.3. The van der Waals surface area contributed by atoms with Crippen molar-refractivity contribution in [2.75, 3.05) is 33.0 Å². The molecule has 0 radical (unpaired) electrons. The fourth-order valence-electron chi connectivity index (χ4n) is 5.45. The minimum atomic E-state index is -7.82. The van der Waals surface area contributed by atoms with Gasteiger partial charge in [-0.3, -0.25) is 4.79 Å². The predicted molar refractivity (Wildman–Crippen MR) is 156 cm³/mol. The van der Waals surface area contributed by atoms with Gasteiger partial charge in [0, 0.05) is 19.3 Å². The first kappa shape index (κ1) is 50.3. The monoisotopic (exact) mass is 857 g/mol. The smallest absolute Gasteiger partial charge is 0.384 e. The van der Waals surface area contributed by atoms with Crippen molar-refractivity contribution in [3.63, 3.8) is 0 Å². The molecule has 2 heterocycles. The molecular formula is C29H43F12NO14. The zero-order valence-corrected chi connectivity index (χ0v) is 28.9. The molecule has 0 bridgehead atoms. The van der Waals surface area contributed by atoms with E-state index in [2.05, 4.69) is 0 Å². The highest BCUT2D eigenvalue weighted by atomic mass is 19.4. The lowest BCUT2D eigenvalue weighted by Gasteiger charge is -2.43. The molecule has 0 aromatic carbocycles. The van der Waals surface area contributed by atoms with Gasteiger partial charge in [0.25, 0.3) is 0 Å². The summed E-state index contributed by atoms with van der Waals surface area (Å²) in [5.41, 5.74) is -2.49. The summed E-state index contributed by atoms with van der Waals surface area (Å²) >= 11 is 0. The van der Waals surface area contributed by atoms with Crippen molar-refractivity contribution in [3.8, 4) is 0 Å². The Labute approximate surface area is 308 Å². The lowest BCUT2D eigenvalue weighted by Crippen LogP contribution is -2.70. The molecule has 10 atom stereocenters. The van der Waals surface area contributed by atoms with Crippen molar-refractivity contribution < 1.29 is 122 Å². The van der Waals surface area contributed by atoms with Gasteiger partial charge in [-0.1, -0.05) is 13.3 Å². The number of aliphatic hydroxyl groups is 9. The third-order valence-electron chi connectivity index (χ3n) is 9.01. The molecule has 2 aliphatic rings. The lowest BCUT2D eigenvalue weighted by atomic mass is 9.88. The molecule has 15 nitrogen and oxygen atoms in total. The van der Waals surface area contributed by atoms with E-state index < -0.39 is 174 Å². The van der Waals surface area contributed by atoms with E-state index in [1.165, 1.54) is 0 Å². The topological polar surface area (TPSA) is 248 Å². The number of carbonyl (C=O) groups excluding carboxylic acids is 1. The Bertz CT molecular complexity index is 1230. The second-order valence-electron chi connectivity index (χ2n) is 13.3. The molecule has 2 saturated heterocycles. The minimum absolute atomic E-state index is 0.712. The maximum absolute atomic E-state index is 14.5. The van der Waals surface area contributed by atoms with Gasteiger partial charge < -0.3 is 70.2 Å². The van der Waals surface area contributed by atoms with Gasteiger partial charge in [-0.2, -0.15) is 52.7 Å². The van der Waals surface area contributed by atoms with E-state index in [1.807, 2.05) is 5.32 Å². The van der Waals surface area contributed by atoms with E-state index in [4.69, 9.17) is 18.9 Å². The van der Waals surface area contributed by atoms with Crippen LogP contribution in [0, 0.1) is 0 Å². The van der Waals surface area contributed by atoms with E-state index >= 15 is 0 Å². The summed E-state index contributed by atoms with van der Waals surface area (Å²) in [5, 5.41) is 91.4. The van der Waals surface area contributed by atoms with Crippen molar-refractivity contribution in [1.82, 2.24) is 5.32 Å². The van der Waals surface area contributed by atoms with Crippen LogP contribution in [0.5, 0.6) is 0 Å². The van der Waals surface area contributed by atoms with Crippen molar-refractivity contribution in [2.45, 2.75) is 142 Å². The van der Waals surface area contributed by atoms with Gasteiger partial charge in [-0.05, 0) is 6.42 Å². The van der Waals surface area contributed by atoms with Gasteiger partial charge in [0.1, 0.15) is 54.4 Å². The molecule has 10 N–H and O–H groups in total. The molecule has 0 saturated carbocycles. The minimum Gasteiger partial charge on any atom is -0.394 e. The number of nitrogens with one attached hydrogen (secondary N) is 1. The summed E-state index contributed by atoms with van der Waals surface area (Å²) in [6.45, 7) is -4.99. The molecule has 1 amide bonds. The van der Waals surface area contributed by atoms with Crippen LogP contribution in [0.1, 0.15) is 39.0 Å². The molecule has 0 aliphatic carbocycles. The first-order valence-electron chi connectivity index (χ1n) is 16.5. The van der Waals surface area contributed by atoms with E-state index in [-0.39, 0.29) is 0 Å². The fourth-order valence-corrected chi connectivity index (χ4v) is 5.45. The average molecular weight is 858 g/mol. The molecule has 2 fully saturated rings. The number of hydrogen-bond acceptors (Lipinski definition) is 14. The number of ether oxygens (including phenoxy) is 4. The largest absolute Gasteiger partial charge is 0.394 e. The van der Waals surface area contributed by atoms with Crippen LogP contribution in [0.3, 0.4) is 0 Å². The Hall–Kier alpha value is -1.89. The zero-order chi connectivity index (χ0) is 43.5. The molecular weight excluding hydrogens is 814 g/mol. The summed E-state index contributed by atoms with van der Waals surface area (Å²) in [4.78, 5) is 12.8. The van der Waals surface area contributed by atoms with Gasteiger partial charge in [-0.15, -0.1) is 0 Å². The summed E-state index contributed by atoms with van der Waals surface area (Å²) in [6.07, 6.45) is -28.5. The van der Waals surface area contributed by atoms with Crippen LogP contribution in [0.4, 0.5) is 52.7 Å². The van der Waals surface area contributed by atoms with Crippen LogP contribution < -0.4 is 5.32 Å². The third kappa shape index (κ3) is 9.76. The molecule has 2 aliphatic heterocycles. The molecule has 0 spiro atoms. The van der Waals surface area contributed by atoms with Gasteiger partial charge in [-0.25, -0.2) is 0 Å². The normalized spacial score (nSPS) is 30.4. The second-order valence-corrected chi connectivity index (χ2v) is 13.3. The lowest BCUT2D eigenvalue weighted by molar-refractivity contribution is -0.425. The summed E-state index contributed by atoms with van der Waals surface area (Å²) in [7, 11) is 0. The Morgan fingerprint density at radius 3 is 1.30 bits per heavy atom. The Balaban J connectivity index is 2.31. The fraction of sp³-hybridized carbons (Fsp3) is 0.966. The third-order valence-corrected chi connectivity index (χ3v) is 9.01. The first-order valence-corrected chi connectivity index (χ1v) is 16.5. The molecule has 2 rings (SSSR count). The summed E-state index contributed by atoms with van der Waals surface area (Å²) in [6, 6.07) is 0. The number of aliphatic hydroxyl groups excluding tert-OH is 9.